The van der Waals surface area contributed by atoms with E-state index in [1.807, 2.05) is 0 Å². The maximum Gasteiger partial charge on any atom is 0.339 e. The summed E-state index contributed by atoms with van der Waals surface area (Å²) in [6, 6.07) is 1.77. The van der Waals surface area contributed by atoms with Crippen molar-refractivity contribution in [2.75, 3.05) is 0 Å². The van der Waals surface area contributed by atoms with Crippen molar-refractivity contribution in [3.63, 3.8) is 0 Å². The number of phenols is 1. The first-order valence-corrected chi connectivity index (χ1v) is 9.06. The molecule has 4 heteroatoms. The van der Waals surface area contributed by atoms with Crippen LogP contribution in [0.25, 0.3) is 0 Å². The number of aromatic hydroxyl groups is 1. The third-order valence-electron chi connectivity index (χ3n) is 4.80. The van der Waals surface area contributed by atoms with Gasteiger partial charge in [-0.2, -0.15) is 0 Å². The molecule has 0 bridgehead atoms. The van der Waals surface area contributed by atoms with Crippen LogP contribution in [0.3, 0.4) is 0 Å². The molecule has 0 spiro atoms. The van der Waals surface area contributed by atoms with Crippen LogP contribution in [0, 0.1) is 0 Å². The molecule has 0 unspecified atom stereocenters. The van der Waals surface area contributed by atoms with Crippen LogP contribution in [0.5, 0.6) is 11.5 Å². The monoisotopic (exact) mass is 344 g/mol. The van der Waals surface area contributed by atoms with Gasteiger partial charge in [-0.15, -0.1) is 0 Å². The first kappa shape index (κ1) is 19.1. The SMILES string of the molecule is C=COc1cc(CCCCC)c(C(=O)O)c(O)c1[C@@H]1C=C(C)CCC1. The van der Waals surface area contributed by atoms with E-state index in [-0.39, 0.29) is 17.2 Å². The minimum atomic E-state index is -1.09. The van der Waals surface area contributed by atoms with E-state index in [4.69, 9.17) is 4.74 Å². The minimum Gasteiger partial charge on any atom is -0.507 e. The molecule has 0 aliphatic heterocycles. The second kappa shape index (κ2) is 8.75. The van der Waals surface area contributed by atoms with Crippen LogP contribution < -0.4 is 4.74 Å². The van der Waals surface area contributed by atoms with Crippen molar-refractivity contribution in [2.45, 2.75) is 64.7 Å². The fourth-order valence-electron chi connectivity index (χ4n) is 3.60. The van der Waals surface area contributed by atoms with Gasteiger partial charge in [-0.05, 0) is 50.7 Å². The quantitative estimate of drug-likeness (QED) is 0.368. The summed E-state index contributed by atoms with van der Waals surface area (Å²) in [5, 5.41) is 20.5. The molecule has 136 valence electrons. The van der Waals surface area contributed by atoms with Crippen molar-refractivity contribution in [1.29, 1.82) is 0 Å². The number of aryl methyl sites for hydroxylation is 1. The van der Waals surface area contributed by atoms with Crippen molar-refractivity contribution >= 4 is 5.97 Å². The summed E-state index contributed by atoms with van der Waals surface area (Å²) >= 11 is 0. The molecule has 0 aromatic heterocycles. The normalized spacial score (nSPS) is 17.0. The molecule has 1 aliphatic carbocycles. The van der Waals surface area contributed by atoms with E-state index < -0.39 is 5.97 Å². The third-order valence-corrected chi connectivity index (χ3v) is 4.80. The van der Waals surface area contributed by atoms with Crippen LogP contribution in [0.15, 0.2) is 30.6 Å². The smallest absolute Gasteiger partial charge is 0.339 e. The molecule has 4 nitrogen and oxygen atoms in total. The summed E-state index contributed by atoms with van der Waals surface area (Å²) in [5.41, 5.74) is 2.45. The first-order chi connectivity index (χ1) is 12.0. The molecular formula is C21H28O4. The maximum absolute atomic E-state index is 11.8. The molecule has 0 radical (unpaired) electrons. The number of carbonyl (C=O) groups is 1. The summed E-state index contributed by atoms with van der Waals surface area (Å²) in [6.45, 7) is 7.78. The lowest BCUT2D eigenvalue weighted by atomic mass is 9.83. The van der Waals surface area contributed by atoms with Crippen molar-refractivity contribution in [3.05, 3.63) is 47.2 Å². The second-order valence-electron chi connectivity index (χ2n) is 6.73. The lowest BCUT2D eigenvalue weighted by Crippen LogP contribution is -2.10. The van der Waals surface area contributed by atoms with Gasteiger partial charge in [0.1, 0.15) is 17.1 Å². The number of carboxylic acids is 1. The number of hydrogen-bond acceptors (Lipinski definition) is 3. The van der Waals surface area contributed by atoms with Gasteiger partial charge in [0.25, 0.3) is 0 Å². The van der Waals surface area contributed by atoms with Crippen LogP contribution >= 0.6 is 0 Å². The van der Waals surface area contributed by atoms with E-state index >= 15 is 0 Å². The Morgan fingerprint density at radius 2 is 2.20 bits per heavy atom. The molecular weight excluding hydrogens is 316 g/mol. The summed E-state index contributed by atoms with van der Waals surface area (Å²) in [7, 11) is 0. The highest BCUT2D eigenvalue weighted by Gasteiger charge is 2.28. The topological polar surface area (TPSA) is 66.8 Å². The molecule has 25 heavy (non-hydrogen) atoms. The largest absolute Gasteiger partial charge is 0.507 e. The summed E-state index contributed by atoms with van der Waals surface area (Å²) in [5.74, 6) is -0.771. The number of ether oxygens (including phenoxy) is 1. The van der Waals surface area contributed by atoms with E-state index in [2.05, 4.69) is 26.5 Å². The van der Waals surface area contributed by atoms with Gasteiger partial charge < -0.3 is 14.9 Å². The lowest BCUT2D eigenvalue weighted by Gasteiger charge is -2.24. The van der Waals surface area contributed by atoms with E-state index in [1.54, 1.807) is 6.07 Å². The Morgan fingerprint density at radius 3 is 2.80 bits per heavy atom. The number of carboxylic acid groups (broad SMARTS) is 1. The summed E-state index contributed by atoms with van der Waals surface area (Å²) in [4.78, 5) is 11.8. The highest BCUT2D eigenvalue weighted by molar-refractivity contribution is 5.94. The Morgan fingerprint density at radius 1 is 1.44 bits per heavy atom. The fourth-order valence-corrected chi connectivity index (χ4v) is 3.60. The van der Waals surface area contributed by atoms with Crippen molar-refractivity contribution < 1.29 is 19.7 Å². The van der Waals surface area contributed by atoms with Gasteiger partial charge in [0.05, 0.1) is 6.26 Å². The van der Waals surface area contributed by atoms with Crippen molar-refractivity contribution in [3.8, 4) is 11.5 Å². The van der Waals surface area contributed by atoms with Gasteiger partial charge in [0.2, 0.25) is 0 Å². The Hall–Kier alpha value is -2.23. The van der Waals surface area contributed by atoms with Crippen molar-refractivity contribution in [2.24, 2.45) is 0 Å². The second-order valence-corrected chi connectivity index (χ2v) is 6.73. The molecule has 1 aromatic rings. The molecule has 1 aromatic carbocycles. The Bertz CT molecular complexity index is 673. The molecule has 0 heterocycles. The molecule has 0 saturated carbocycles. The van der Waals surface area contributed by atoms with E-state index in [1.165, 1.54) is 11.8 Å². The van der Waals surface area contributed by atoms with Gasteiger partial charge in [-0.25, -0.2) is 4.79 Å². The molecule has 2 N–H and O–H groups in total. The lowest BCUT2D eigenvalue weighted by molar-refractivity contribution is 0.0692. The predicted molar refractivity (Wildman–Crippen MR) is 99.5 cm³/mol. The number of hydrogen-bond donors (Lipinski definition) is 2. The Kier molecular flexibility index (Phi) is 6.68. The third kappa shape index (κ3) is 4.44. The van der Waals surface area contributed by atoms with Gasteiger partial charge in [-0.1, -0.05) is 38.0 Å². The molecule has 1 atom stereocenters. The Balaban J connectivity index is 2.57. The zero-order chi connectivity index (χ0) is 18.4. The molecule has 0 amide bonds. The Labute approximate surface area is 149 Å². The predicted octanol–water partition coefficient (Wildman–Crippen LogP) is 5.56. The zero-order valence-electron chi connectivity index (χ0n) is 15.2. The van der Waals surface area contributed by atoms with Crippen LogP contribution in [-0.2, 0) is 6.42 Å². The van der Waals surface area contributed by atoms with Crippen molar-refractivity contribution in [1.82, 2.24) is 0 Å². The van der Waals surface area contributed by atoms with Gasteiger partial charge >= 0.3 is 5.97 Å². The average Bonchev–Trinajstić information content (AvgIpc) is 2.55. The summed E-state index contributed by atoms with van der Waals surface area (Å²) < 4.78 is 5.57. The van der Waals surface area contributed by atoms with Crippen LogP contribution in [0.2, 0.25) is 0 Å². The number of allylic oxidation sites excluding steroid dienone is 2. The highest BCUT2D eigenvalue weighted by Crippen LogP contribution is 2.44. The van der Waals surface area contributed by atoms with E-state index in [9.17, 15) is 15.0 Å². The average molecular weight is 344 g/mol. The van der Waals surface area contributed by atoms with E-state index in [0.717, 1.165) is 38.5 Å². The standard InChI is InChI=1S/C21H28O4/c1-4-6-7-10-16-13-17(25-5-2)18(20(22)19(16)21(23)24)15-11-8-9-14(3)12-15/h5,12-13,15,22H,2,4,6-11H2,1,3H3,(H,23,24)/t15-/m0/s1. The number of benzene rings is 1. The fraction of sp³-hybridized carbons (Fsp3) is 0.476. The minimum absolute atomic E-state index is 0.0131. The molecule has 1 aliphatic rings. The zero-order valence-corrected chi connectivity index (χ0v) is 15.2. The molecule has 2 rings (SSSR count). The van der Waals surface area contributed by atoms with Crippen LogP contribution in [-0.4, -0.2) is 16.2 Å². The highest BCUT2D eigenvalue weighted by atomic mass is 16.5. The van der Waals surface area contributed by atoms with E-state index in [0.29, 0.717) is 23.3 Å². The summed E-state index contributed by atoms with van der Waals surface area (Å²) in [6.07, 6.45) is 9.91. The van der Waals surface area contributed by atoms with Gasteiger partial charge in [0, 0.05) is 11.5 Å². The number of unbranched alkanes of at least 4 members (excludes halogenated alkanes) is 2. The molecule has 0 fully saturated rings. The number of rotatable bonds is 8. The van der Waals surface area contributed by atoms with Crippen LogP contribution in [0.4, 0.5) is 0 Å². The van der Waals surface area contributed by atoms with Gasteiger partial charge in [-0.3, -0.25) is 0 Å². The van der Waals surface area contributed by atoms with Crippen LogP contribution in [0.1, 0.15) is 79.8 Å². The molecule has 0 saturated heterocycles. The first-order valence-electron chi connectivity index (χ1n) is 9.06. The maximum atomic E-state index is 11.8. The number of aromatic carboxylic acids is 1. The van der Waals surface area contributed by atoms with Gasteiger partial charge in [0.15, 0.2) is 0 Å².